The van der Waals surface area contributed by atoms with E-state index in [1.54, 1.807) is 0 Å². The zero-order chi connectivity index (χ0) is 14.2. The van der Waals surface area contributed by atoms with Crippen molar-refractivity contribution in [2.75, 3.05) is 24.7 Å². The molecule has 0 amide bonds. The first-order valence-corrected chi connectivity index (χ1v) is 8.86. The molecule has 1 fully saturated rings. The molecule has 1 aliphatic rings. The minimum absolute atomic E-state index is 0.473. The fourth-order valence-corrected chi connectivity index (χ4v) is 4.20. The van der Waals surface area contributed by atoms with E-state index in [1.807, 2.05) is 0 Å². The number of nitrogens with zero attached hydrogens (tertiary/aromatic N) is 1. The van der Waals surface area contributed by atoms with Gasteiger partial charge < -0.3 is 4.48 Å². The molecule has 0 spiro atoms. The Labute approximate surface area is 128 Å². The second-order valence-corrected chi connectivity index (χ2v) is 9.84. The lowest BCUT2D eigenvalue weighted by Gasteiger charge is -2.28. The third-order valence-corrected chi connectivity index (χ3v) is 5.70. The highest BCUT2D eigenvalue weighted by Gasteiger charge is 2.44. The smallest absolute Gasteiger partial charge is 0.129 e. The first-order valence-electron chi connectivity index (χ1n) is 7.34. The highest BCUT2D eigenvalue weighted by atomic mass is 127. The van der Waals surface area contributed by atoms with Gasteiger partial charge in [0.15, 0.2) is 0 Å². The van der Waals surface area contributed by atoms with Crippen LogP contribution in [0.15, 0.2) is 0 Å². The molecule has 2 heteroatoms. The Morgan fingerprint density at radius 3 is 1.44 bits per heavy atom. The number of halogens is 1. The Morgan fingerprint density at radius 2 is 1.22 bits per heavy atom. The fourth-order valence-electron chi connectivity index (χ4n) is 3.64. The topological polar surface area (TPSA) is 0 Å². The molecule has 1 aliphatic heterocycles. The standard InChI is InChI=1S/C16H33IN/c1-15(2,3)8-13-10-18(7,12-17)11-14(13)9-16(4,5)6/h13-14H,8-12H2,1-7H3/q+1. The molecule has 108 valence electrons. The Balaban J connectivity index is 2.77. The SMILES string of the molecule is CC(C)(C)CC1C[N+](C)(CI)CC1CC(C)(C)C. The second kappa shape index (κ2) is 5.59. The Kier molecular flexibility index (Phi) is 5.20. The van der Waals surface area contributed by atoms with Crippen molar-refractivity contribution in [1.29, 1.82) is 0 Å². The Hall–Kier alpha value is 0.690. The van der Waals surface area contributed by atoms with E-state index in [2.05, 4.69) is 71.2 Å². The number of hydrogen-bond donors (Lipinski definition) is 0. The summed E-state index contributed by atoms with van der Waals surface area (Å²) in [5.74, 6) is 1.84. The predicted octanol–water partition coefficient (Wildman–Crippen LogP) is 4.94. The average molecular weight is 366 g/mol. The maximum Gasteiger partial charge on any atom is 0.129 e. The highest BCUT2D eigenvalue weighted by Crippen LogP contribution is 2.42. The van der Waals surface area contributed by atoms with E-state index in [4.69, 9.17) is 0 Å². The van der Waals surface area contributed by atoms with Crippen LogP contribution in [0.1, 0.15) is 54.4 Å². The van der Waals surface area contributed by atoms with Crippen LogP contribution >= 0.6 is 22.6 Å². The van der Waals surface area contributed by atoms with Crippen LogP contribution < -0.4 is 0 Å². The number of rotatable bonds is 3. The van der Waals surface area contributed by atoms with Gasteiger partial charge in [0.25, 0.3) is 0 Å². The lowest BCUT2D eigenvalue weighted by Crippen LogP contribution is -2.40. The number of likely N-dealkylation sites (tertiary alicyclic amines) is 1. The maximum absolute atomic E-state index is 2.57. The van der Waals surface area contributed by atoms with Gasteiger partial charge in [-0.15, -0.1) is 0 Å². The summed E-state index contributed by atoms with van der Waals surface area (Å²) in [5, 5.41) is 0. The number of alkyl halides is 1. The van der Waals surface area contributed by atoms with Gasteiger partial charge in [-0.25, -0.2) is 0 Å². The molecule has 0 aromatic carbocycles. The molecule has 0 N–H and O–H groups in total. The largest absolute Gasteiger partial charge is 0.318 e. The van der Waals surface area contributed by atoms with Crippen molar-refractivity contribution < 1.29 is 4.48 Å². The molecule has 0 bridgehead atoms. The Morgan fingerprint density at radius 1 is 0.889 bits per heavy atom. The van der Waals surface area contributed by atoms with E-state index in [1.165, 1.54) is 35.0 Å². The monoisotopic (exact) mass is 366 g/mol. The van der Waals surface area contributed by atoms with Crippen molar-refractivity contribution >= 4 is 22.6 Å². The van der Waals surface area contributed by atoms with Gasteiger partial charge in [-0.05, 0) is 46.3 Å². The van der Waals surface area contributed by atoms with E-state index in [9.17, 15) is 0 Å². The lowest BCUT2D eigenvalue weighted by atomic mass is 9.74. The van der Waals surface area contributed by atoms with Crippen molar-refractivity contribution in [2.45, 2.75) is 54.4 Å². The molecule has 2 unspecified atom stereocenters. The average Bonchev–Trinajstić information content (AvgIpc) is 2.38. The van der Waals surface area contributed by atoms with E-state index in [-0.39, 0.29) is 0 Å². The highest BCUT2D eigenvalue weighted by molar-refractivity contribution is 14.1. The van der Waals surface area contributed by atoms with Crippen LogP contribution in [-0.2, 0) is 0 Å². The molecule has 1 nitrogen and oxygen atoms in total. The van der Waals surface area contributed by atoms with Crippen LogP contribution in [0.5, 0.6) is 0 Å². The van der Waals surface area contributed by atoms with Crippen molar-refractivity contribution in [3.05, 3.63) is 0 Å². The minimum atomic E-state index is 0.473. The normalized spacial score (nSPS) is 34.0. The second-order valence-electron chi connectivity index (χ2n) is 9.15. The van der Waals surface area contributed by atoms with E-state index >= 15 is 0 Å². The fraction of sp³-hybridized carbons (Fsp3) is 1.00. The van der Waals surface area contributed by atoms with Crippen LogP contribution in [0.25, 0.3) is 0 Å². The molecule has 2 atom stereocenters. The molecular weight excluding hydrogens is 333 g/mol. The minimum Gasteiger partial charge on any atom is -0.318 e. The van der Waals surface area contributed by atoms with Crippen molar-refractivity contribution in [2.24, 2.45) is 22.7 Å². The molecule has 1 heterocycles. The molecule has 1 saturated heterocycles. The molecular formula is C16H33IN+. The molecule has 0 aromatic heterocycles. The Bertz CT molecular complexity index is 248. The van der Waals surface area contributed by atoms with Gasteiger partial charge in [-0.2, -0.15) is 0 Å². The van der Waals surface area contributed by atoms with E-state index < -0.39 is 0 Å². The van der Waals surface area contributed by atoms with Gasteiger partial charge in [-0.1, -0.05) is 41.5 Å². The number of quaternary nitrogens is 1. The molecule has 18 heavy (non-hydrogen) atoms. The molecule has 0 aromatic rings. The van der Waals surface area contributed by atoms with Gasteiger partial charge in [0, 0.05) is 11.8 Å². The zero-order valence-corrected chi connectivity index (χ0v) is 15.7. The predicted molar refractivity (Wildman–Crippen MR) is 89.9 cm³/mol. The summed E-state index contributed by atoms with van der Waals surface area (Å²) >= 11 is 2.57. The van der Waals surface area contributed by atoms with Gasteiger partial charge in [-0.3, -0.25) is 0 Å². The molecule has 1 rings (SSSR count). The summed E-state index contributed by atoms with van der Waals surface area (Å²) in [5.41, 5.74) is 0.947. The van der Waals surface area contributed by atoms with Gasteiger partial charge in [0.1, 0.15) is 4.55 Å². The quantitative estimate of drug-likeness (QED) is 0.287. The number of hydrogen-bond acceptors (Lipinski definition) is 0. The first-order chi connectivity index (χ1) is 7.94. The summed E-state index contributed by atoms with van der Waals surface area (Å²) in [6, 6.07) is 0. The van der Waals surface area contributed by atoms with Crippen LogP contribution in [-0.4, -0.2) is 29.2 Å². The summed E-state index contributed by atoms with van der Waals surface area (Å²) in [6.07, 6.45) is 2.77. The third kappa shape index (κ3) is 5.36. The third-order valence-electron chi connectivity index (χ3n) is 4.05. The van der Waals surface area contributed by atoms with Gasteiger partial charge in [0.05, 0.1) is 20.1 Å². The van der Waals surface area contributed by atoms with Crippen molar-refractivity contribution in [1.82, 2.24) is 0 Å². The maximum atomic E-state index is 2.57. The first kappa shape index (κ1) is 16.7. The summed E-state index contributed by atoms with van der Waals surface area (Å²) in [7, 11) is 2.45. The summed E-state index contributed by atoms with van der Waals surface area (Å²) < 4.78 is 2.54. The zero-order valence-electron chi connectivity index (χ0n) is 13.5. The lowest BCUT2D eigenvalue weighted by molar-refractivity contribution is -0.884. The molecule has 0 saturated carbocycles. The molecule has 0 radical (unpaired) electrons. The van der Waals surface area contributed by atoms with Crippen LogP contribution in [0.2, 0.25) is 0 Å². The van der Waals surface area contributed by atoms with Crippen molar-refractivity contribution in [3.63, 3.8) is 0 Å². The van der Waals surface area contributed by atoms with Crippen molar-refractivity contribution in [3.8, 4) is 0 Å². The van der Waals surface area contributed by atoms with Crippen LogP contribution in [0.3, 0.4) is 0 Å². The van der Waals surface area contributed by atoms with Gasteiger partial charge >= 0.3 is 0 Å². The van der Waals surface area contributed by atoms with Crippen LogP contribution in [0.4, 0.5) is 0 Å². The molecule has 0 aliphatic carbocycles. The summed E-state index contributed by atoms with van der Waals surface area (Å²) in [4.78, 5) is 0. The van der Waals surface area contributed by atoms with Crippen LogP contribution in [0, 0.1) is 22.7 Å². The van der Waals surface area contributed by atoms with Gasteiger partial charge in [0.2, 0.25) is 0 Å². The van der Waals surface area contributed by atoms with E-state index in [0.717, 1.165) is 11.8 Å². The van der Waals surface area contributed by atoms with E-state index in [0.29, 0.717) is 10.8 Å². The summed E-state index contributed by atoms with van der Waals surface area (Å²) in [6.45, 7) is 17.2.